The van der Waals surface area contributed by atoms with Gasteiger partial charge in [0.05, 0.1) is 11.3 Å². The van der Waals surface area contributed by atoms with E-state index in [1.807, 2.05) is 0 Å². The van der Waals surface area contributed by atoms with Gasteiger partial charge in [0.2, 0.25) is 0 Å². The SMILES string of the molecule is CC(C)Nc1cccc(F)c1S(=O)(=O)NC(=O)c1cn(C)c(-c2c(F)cccc2F)n1. The van der Waals surface area contributed by atoms with E-state index in [-0.39, 0.29) is 17.6 Å². The van der Waals surface area contributed by atoms with Crippen molar-refractivity contribution in [1.82, 2.24) is 14.3 Å². The second-order valence-corrected chi connectivity index (χ2v) is 8.63. The number of benzene rings is 2. The Kier molecular flexibility index (Phi) is 6.07. The molecule has 164 valence electrons. The highest BCUT2D eigenvalue weighted by Gasteiger charge is 2.28. The summed E-state index contributed by atoms with van der Waals surface area (Å²) in [6.45, 7) is 3.47. The Hall–Kier alpha value is -3.34. The summed E-state index contributed by atoms with van der Waals surface area (Å²) in [6, 6.07) is 6.66. The van der Waals surface area contributed by atoms with Crippen LogP contribution in [0.4, 0.5) is 18.9 Å². The van der Waals surface area contributed by atoms with Crippen LogP contribution < -0.4 is 10.0 Å². The van der Waals surface area contributed by atoms with Gasteiger partial charge in [-0.2, -0.15) is 0 Å². The van der Waals surface area contributed by atoms with Crippen LogP contribution >= 0.6 is 0 Å². The number of carbonyl (C=O) groups is 1. The predicted molar refractivity (Wildman–Crippen MR) is 108 cm³/mol. The third-order valence-corrected chi connectivity index (χ3v) is 5.61. The van der Waals surface area contributed by atoms with E-state index >= 15 is 0 Å². The Balaban J connectivity index is 1.96. The number of halogens is 3. The molecule has 1 aromatic heterocycles. The number of hydrogen-bond donors (Lipinski definition) is 2. The van der Waals surface area contributed by atoms with Gasteiger partial charge in [-0.25, -0.2) is 31.3 Å². The van der Waals surface area contributed by atoms with Gasteiger partial charge < -0.3 is 9.88 Å². The Morgan fingerprint density at radius 1 is 1.03 bits per heavy atom. The summed E-state index contributed by atoms with van der Waals surface area (Å²) in [5.41, 5.74) is -0.909. The molecule has 2 N–H and O–H groups in total. The first kappa shape index (κ1) is 22.3. The van der Waals surface area contributed by atoms with Gasteiger partial charge in [-0.15, -0.1) is 0 Å². The number of aromatic nitrogens is 2. The van der Waals surface area contributed by atoms with Crippen LogP contribution in [0.15, 0.2) is 47.5 Å². The van der Waals surface area contributed by atoms with Crippen molar-refractivity contribution in [2.24, 2.45) is 7.05 Å². The molecule has 3 aromatic rings. The van der Waals surface area contributed by atoms with Gasteiger partial charge in [0, 0.05) is 19.3 Å². The molecule has 3 rings (SSSR count). The lowest BCUT2D eigenvalue weighted by Gasteiger charge is -2.15. The molecule has 11 heteroatoms. The molecule has 2 aromatic carbocycles. The molecular formula is C20H19F3N4O3S. The molecule has 0 saturated heterocycles. The minimum absolute atomic E-state index is 0.0227. The fourth-order valence-electron chi connectivity index (χ4n) is 2.95. The molecule has 1 heterocycles. The van der Waals surface area contributed by atoms with E-state index in [0.29, 0.717) is 0 Å². The Morgan fingerprint density at radius 3 is 2.23 bits per heavy atom. The monoisotopic (exact) mass is 452 g/mol. The number of nitrogens with zero attached hydrogens (tertiary/aromatic N) is 2. The zero-order valence-corrected chi connectivity index (χ0v) is 17.6. The highest BCUT2D eigenvalue weighted by atomic mass is 32.2. The summed E-state index contributed by atoms with van der Waals surface area (Å²) < 4.78 is 70.9. The minimum Gasteiger partial charge on any atom is -0.382 e. The largest absolute Gasteiger partial charge is 0.382 e. The predicted octanol–water partition coefficient (Wildman–Crippen LogP) is 3.44. The third kappa shape index (κ3) is 4.55. The maximum atomic E-state index is 14.4. The van der Waals surface area contributed by atoms with Crippen LogP contribution in [0, 0.1) is 17.5 Å². The maximum Gasteiger partial charge on any atom is 0.285 e. The van der Waals surface area contributed by atoms with Crippen molar-refractivity contribution in [3.8, 4) is 11.4 Å². The lowest BCUT2D eigenvalue weighted by molar-refractivity contribution is 0.0977. The molecule has 1 amide bonds. The van der Waals surface area contributed by atoms with Crippen molar-refractivity contribution in [1.29, 1.82) is 0 Å². The van der Waals surface area contributed by atoms with Crippen LogP contribution in [0.5, 0.6) is 0 Å². The van der Waals surface area contributed by atoms with Gasteiger partial charge in [-0.05, 0) is 38.1 Å². The minimum atomic E-state index is -4.63. The normalized spacial score (nSPS) is 11.6. The highest BCUT2D eigenvalue weighted by Crippen LogP contribution is 2.27. The van der Waals surface area contributed by atoms with E-state index in [1.54, 1.807) is 18.6 Å². The molecule has 0 aliphatic rings. The average Bonchev–Trinajstić information content (AvgIpc) is 3.02. The van der Waals surface area contributed by atoms with Crippen molar-refractivity contribution in [2.75, 3.05) is 5.32 Å². The maximum absolute atomic E-state index is 14.4. The summed E-state index contributed by atoms with van der Waals surface area (Å²) >= 11 is 0. The zero-order valence-electron chi connectivity index (χ0n) is 16.8. The fourth-order valence-corrected chi connectivity index (χ4v) is 4.14. The Bertz CT molecular complexity index is 1240. The zero-order chi connectivity index (χ0) is 22.9. The molecule has 0 unspecified atom stereocenters. The van der Waals surface area contributed by atoms with Gasteiger partial charge in [-0.3, -0.25) is 4.79 Å². The van der Waals surface area contributed by atoms with E-state index in [9.17, 15) is 26.4 Å². The van der Waals surface area contributed by atoms with Crippen LogP contribution in [0.2, 0.25) is 0 Å². The summed E-state index contributed by atoms with van der Waals surface area (Å²) in [6.07, 6.45) is 1.11. The fraction of sp³-hybridized carbons (Fsp3) is 0.200. The molecule has 0 saturated carbocycles. The Morgan fingerprint density at radius 2 is 1.61 bits per heavy atom. The third-order valence-electron chi connectivity index (χ3n) is 4.20. The first-order valence-corrected chi connectivity index (χ1v) is 10.6. The number of rotatable bonds is 6. The highest BCUT2D eigenvalue weighted by molar-refractivity contribution is 7.90. The number of amides is 1. The molecular weight excluding hydrogens is 433 g/mol. The van der Waals surface area contributed by atoms with Gasteiger partial charge >= 0.3 is 0 Å². The van der Waals surface area contributed by atoms with E-state index < -0.39 is 49.5 Å². The number of imidazole rings is 1. The van der Waals surface area contributed by atoms with E-state index in [1.165, 1.54) is 29.8 Å². The van der Waals surface area contributed by atoms with Crippen molar-refractivity contribution >= 4 is 21.6 Å². The van der Waals surface area contributed by atoms with Crippen LogP contribution in [0.3, 0.4) is 0 Å². The molecule has 7 nitrogen and oxygen atoms in total. The van der Waals surface area contributed by atoms with Crippen molar-refractivity contribution in [2.45, 2.75) is 24.8 Å². The molecule has 0 aliphatic heterocycles. The summed E-state index contributed by atoms with van der Waals surface area (Å²) in [7, 11) is -3.24. The lowest BCUT2D eigenvalue weighted by atomic mass is 10.2. The smallest absolute Gasteiger partial charge is 0.285 e. The number of aryl methyl sites for hydroxylation is 1. The van der Waals surface area contributed by atoms with Crippen molar-refractivity contribution in [3.63, 3.8) is 0 Å². The lowest BCUT2D eigenvalue weighted by Crippen LogP contribution is -2.32. The van der Waals surface area contributed by atoms with Crippen molar-refractivity contribution in [3.05, 3.63) is 65.7 Å². The molecule has 0 radical (unpaired) electrons. The van der Waals surface area contributed by atoms with Gasteiger partial charge in [0.1, 0.15) is 33.9 Å². The summed E-state index contributed by atoms with van der Waals surface area (Å²) in [5, 5.41) is 2.81. The first-order valence-electron chi connectivity index (χ1n) is 9.11. The number of sulfonamides is 1. The number of nitrogens with one attached hydrogen (secondary N) is 2. The molecule has 0 aliphatic carbocycles. The summed E-state index contributed by atoms with van der Waals surface area (Å²) in [5.74, 6) is -4.25. The number of carbonyl (C=O) groups excluding carboxylic acids is 1. The average molecular weight is 452 g/mol. The Labute approximate surface area is 177 Å². The van der Waals surface area contributed by atoms with E-state index in [2.05, 4.69) is 10.3 Å². The molecule has 0 spiro atoms. The molecule has 0 fully saturated rings. The second kappa shape index (κ2) is 8.42. The number of hydrogen-bond acceptors (Lipinski definition) is 5. The van der Waals surface area contributed by atoms with E-state index in [4.69, 9.17) is 0 Å². The van der Waals surface area contributed by atoms with E-state index in [0.717, 1.165) is 24.4 Å². The second-order valence-electron chi connectivity index (χ2n) is 7.01. The van der Waals surface area contributed by atoms with Gasteiger partial charge in [-0.1, -0.05) is 12.1 Å². The summed E-state index contributed by atoms with van der Waals surface area (Å²) in [4.78, 5) is 15.7. The first-order chi connectivity index (χ1) is 14.5. The van der Waals surface area contributed by atoms with Crippen LogP contribution in [0.25, 0.3) is 11.4 Å². The standard InChI is InChI=1S/C20H19F3N4O3S/c1-11(2)24-15-9-5-8-14(23)18(15)31(29,30)26-20(28)16-10-27(3)19(25-16)17-12(21)6-4-7-13(17)22/h4-11,24H,1-3H3,(H,26,28). The van der Waals surface area contributed by atoms with Crippen LogP contribution in [0.1, 0.15) is 24.3 Å². The van der Waals surface area contributed by atoms with Gasteiger partial charge in [0.25, 0.3) is 15.9 Å². The molecule has 0 atom stereocenters. The van der Waals surface area contributed by atoms with Crippen LogP contribution in [-0.2, 0) is 17.1 Å². The topological polar surface area (TPSA) is 93.1 Å². The number of anilines is 1. The molecule has 0 bridgehead atoms. The van der Waals surface area contributed by atoms with Gasteiger partial charge in [0.15, 0.2) is 0 Å². The molecule has 31 heavy (non-hydrogen) atoms. The van der Waals surface area contributed by atoms with Crippen molar-refractivity contribution < 1.29 is 26.4 Å². The van der Waals surface area contributed by atoms with Crippen LogP contribution in [-0.4, -0.2) is 29.9 Å². The quantitative estimate of drug-likeness (QED) is 0.598.